The fourth-order valence-corrected chi connectivity index (χ4v) is 2.15. The molecule has 0 bridgehead atoms. The van der Waals surface area contributed by atoms with Crippen LogP contribution in [0.15, 0.2) is 36.5 Å². The Morgan fingerprint density at radius 1 is 1.32 bits per heavy atom. The van der Waals surface area contributed by atoms with Crippen LogP contribution < -0.4 is 0 Å². The zero-order valence-electron chi connectivity index (χ0n) is 10.4. The molecule has 0 spiro atoms. The summed E-state index contributed by atoms with van der Waals surface area (Å²) in [6, 6.07) is 7.95. The highest BCUT2D eigenvalue weighted by Crippen LogP contribution is 2.21. The second-order valence-electron chi connectivity index (χ2n) is 4.34. The molecule has 1 heterocycles. The highest BCUT2D eigenvalue weighted by Gasteiger charge is 2.27. The highest BCUT2D eigenvalue weighted by atomic mass is 124. The van der Waals surface area contributed by atoms with E-state index in [-0.39, 0.29) is 12.3 Å². The summed E-state index contributed by atoms with van der Waals surface area (Å²) in [6.45, 7) is 3.69. The molecule has 0 radical (unpaired) electrons. The summed E-state index contributed by atoms with van der Waals surface area (Å²) in [6.07, 6.45) is 1.77. The van der Waals surface area contributed by atoms with Gasteiger partial charge in [-0.25, -0.2) is 4.79 Å². The molecular weight excluding hydrogens is 354 g/mol. The Kier molecular flexibility index (Phi) is 4.57. The zero-order valence-corrected chi connectivity index (χ0v) is 12.6. The van der Waals surface area contributed by atoms with Crippen molar-refractivity contribution in [3.8, 4) is 0 Å². The van der Waals surface area contributed by atoms with Crippen LogP contribution in [-0.4, -0.2) is 16.9 Å². The van der Waals surface area contributed by atoms with E-state index in [1.54, 1.807) is 0 Å². The molecule has 0 N–H and O–H groups in total. The zero-order chi connectivity index (χ0) is 13.8. The number of nitrogens with zero attached hydrogens (tertiary/aromatic N) is 1. The van der Waals surface area contributed by atoms with Crippen molar-refractivity contribution in [3.05, 3.63) is 45.7 Å². The molecule has 1 amide bonds. The molecule has 4 nitrogen and oxygen atoms in total. The highest BCUT2D eigenvalue weighted by molar-refractivity contribution is 14.1. The summed E-state index contributed by atoms with van der Waals surface area (Å²) in [5.74, 6) is -0.609. The number of carbonyl (C=O) groups is 2. The van der Waals surface area contributed by atoms with Gasteiger partial charge in [0.2, 0.25) is 0 Å². The molecule has 1 aromatic rings. The topological polar surface area (TPSA) is 46.6 Å². The van der Waals surface area contributed by atoms with E-state index in [9.17, 15) is 9.59 Å². The summed E-state index contributed by atoms with van der Waals surface area (Å²) in [7, 11) is 0. The van der Waals surface area contributed by atoms with Crippen LogP contribution in [0, 0.1) is 3.57 Å². The first kappa shape index (κ1) is 14.0. The van der Waals surface area contributed by atoms with Crippen molar-refractivity contribution in [2.75, 3.05) is 0 Å². The Bertz CT molecular complexity index is 494. The number of carbonyl (C=O) groups excluding carboxylic acids is 2. The second-order valence-corrected chi connectivity index (χ2v) is 5.59. The van der Waals surface area contributed by atoms with Gasteiger partial charge in [0, 0.05) is 9.99 Å². The molecule has 0 aliphatic carbocycles. The van der Waals surface area contributed by atoms with Crippen LogP contribution in [-0.2, 0) is 20.8 Å². The summed E-state index contributed by atoms with van der Waals surface area (Å²) < 4.78 is 1.16. The van der Waals surface area contributed by atoms with Gasteiger partial charge in [0.15, 0.2) is 0 Å². The fraction of sp³-hybridized carbons (Fsp3) is 0.286. The minimum Gasteiger partial charge on any atom is -0.334 e. The number of rotatable bonds is 4. The molecule has 0 unspecified atom stereocenters. The largest absolute Gasteiger partial charge is 0.334 e. The van der Waals surface area contributed by atoms with E-state index < -0.39 is 5.97 Å². The van der Waals surface area contributed by atoms with Crippen LogP contribution in [0.1, 0.15) is 24.8 Å². The number of hydrogen-bond acceptors (Lipinski definition) is 3. The van der Waals surface area contributed by atoms with Gasteiger partial charge in [-0.2, -0.15) is 0 Å². The number of hydrogen-bond donors (Lipinski definition) is 0. The normalized spacial score (nSPS) is 14.9. The van der Waals surface area contributed by atoms with E-state index in [4.69, 9.17) is 4.84 Å². The molecule has 2 rings (SSSR count). The molecule has 100 valence electrons. The van der Waals surface area contributed by atoms with Crippen LogP contribution in [0.4, 0.5) is 0 Å². The lowest BCUT2D eigenvalue weighted by Gasteiger charge is -2.15. The SMILES string of the molecule is C=C1CCC(=O)N1OC(=O)CCc1ccc([124I])cc1. The molecule has 19 heavy (non-hydrogen) atoms. The molecular formula is C14H14INO3. The maximum absolute atomic E-state index is 11.7. The van der Waals surface area contributed by atoms with Gasteiger partial charge in [0.25, 0.3) is 5.91 Å². The number of amides is 1. The first-order valence-electron chi connectivity index (χ1n) is 6.02. The van der Waals surface area contributed by atoms with E-state index in [1.807, 2.05) is 24.3 Å². The summed E-state index contributed by atoms with van der Waals surface area (Å²) >= 11 is 2.23. The van der Waals surface area contributed by atoms with E-state index >= 15 is 0 Å². The lowest BCUT2D eigenvalue weighted by atomic mass is 10.1. The number of benzene rings is 1. The molecule has 1 saturated heterocycles. The summed E-state index contributed by atoms with van der Waals surface area (Å²) in [4.78, 5) is 28.1. The van der Waals surface area contributed by atoms with Gasteiger partial charge in [-0.3, -0.25) is 4.79 Å². The molecule has 0 aromatic heterocycles. The Balaban J connectivity index is 1.83. The van der Waals surface area contributed by atoms with E-state index in [0.29, 0.717) is 25.0 Å². The molecule has 5 heteroatoms. The fourth-order valence-electron chi connectivity index (χ4n) is 1.79. The van der Waals surface area contributed by atoms with Crippen molar-refractivity contribution in [2.45, 2.75) is 25.7 Å². The first-order valence-corrected chi connectivity index (χ1v) is 7.10. The Labute approximate surface area is 125 Å². The maximum atomic E-state index is 11.7. The predicted molar refractivity (Wildman–Crippen MR) is 78.8 cm³/mol. The summed E-state index contributed by atoms with van der Waals surface area (Å²) in [5, 5.41) is 1.02. The van der Waals surface area contributed by atoms with Crippen molar-refractivity contribution < 1.29 is 14.4 Å². The van der Waals surface area contributed by atoms with Crippen LogP contribution in [0.25, 0.3) is 0 Å². The van der Waals surface area contributed by atoms with Crippen LogP contribution in [0.2, 0.25) is 0 Å². The first-order chi connectivity index (χ1) is 9.06. The molecule has 0 saturated carbocycles. The van der Waals surface area contributed by atoms with Crippen molar-refractivity contribution >= 4 is 34.5 Å². The molecule has 1 aliphatic rings. The van der Waals surface area contributed by atoms with Crippen LogP contribution >= 0.6 is 22.6 Å². The Morgan fingerprint density at radius 2 is 2.00 bits per heavy atom. The third kappa shape index (κ3) is 3.79. The quantitative estimate of drug-likeness (QED) is 0.768. The Hall–Kier alpha value is -1.37. The van der Waals surface area contributed by atoms with E-state index in [1.165, 1.54) is 0 Å². The van der Waals surface area contributed by atoms with Gasteiger partial charge < -0.3 is 4.84 Å². The average Bonchev–Trinajstić information content (AvgIpc) is 2.70. The maximum Gasteiger partial charge on any atom is 0.333 e. The predicted octanol–water partition coefficient (Wildman–Crippen LogP) is 2.82. The monoisotopic (exact) mass is 368 g/mol. The number of halogens is 1. The number of aryl methyl sites for hydroxylation is 1. The third-order valence-corrected chi connectivity index (χ3v) is 3.58. The second kappa shape index (κ2) is 6.18. The minimum atomic E-state index is -0.407. The minimum absolute atomic E-state index is 0.201. The standard InChI is InChI=1S/C14H14INO3/c1-10-2-8-13(17)16(10)19-14(18)9-5-11-3-6-12(15)7-4-11/h3-4,6-7H,1-2,5,8-9H2/i15-3. The smallest absolute Gasteiger partial charge is 0.333 e. The number of allylic oxidation sites excluding steroid dienone is 1. The molecule has 1 aromatic carbocycles. The van der Waals surface area contributed by atoms with E-state index in [2.05, 4.69) is 29.2 Å². The Morgan fingerprint density at radius 3 is 2.58 bits per heavy atom. The average molecular weight is 368 g/mol. The lowest BCUT2D eigenvalue weighted by Crippen LogP contribution is -2.27. The number of hydroxylamine groups is 2. The molecule has 1 fully saturated rings. The van der Waals surface area contributed by atoms with Crippen molar-refractivity contribution in [3.63, 3.8) is 0 Å². The lowest BCUT2D eigenvalue weighted by molar-refractivity contribution is -0.186. The van der Waals surface area contributed by atoms with Gasteiger partial charge in [-0.05, 0) is 53.1 Å². The summed E-state index contributed by atoms with van der Waals surface area (Å²) in [5.41, 5.74) is 1.62. The molecule has 1 aliphatic heterocycles. The van der Waals surface area contributed by atoms with Gasteiger partial charge in [-0.15, -0.1) is 5.06 Å². The van der Waals surface area contributed by atoms with Gasteiger partial charge >= 0.3 is 5.97 Å². The van der Waals surface area contributed by atoms with Crippen LogP contribution in [0.5, 0.6) is 0 Å². The van der Waals surface area contributed by atoms with Gasteiger partial charge in [-0.1, -0.05) is 18.7 Å². The van der Waals surface area contributed by atoms with Gasteiger partial charge in [0.1, 0.15) is 0 Å². The van der Waals surface area contributed by atoms with Crippen molar-refractivity contribution in [1.29, 1.82) is 0 Å². The van der Waals surface area contributed by atoms with Gasteiger partial charge in [0.05, 0.1) is 12.1 Å². The van der Waals surface area contributed by atoms with Crippen molar-refractivity contribution in [2.24, 2.45) is 0 Å². The third-order valence-electron chi connectivity index (χ3n) is 2.87. The van der Waals surface area contributed by atoms with Crippen LogP contribution in [0.3, 0.4) is 0 Å². The van der Waals surface area contributed by atoms with E-state index in [0.717, 1.165) is 14.2 Å². The van der Waals surface area contributed by atoms with Crippen molar-refractivity contribution in [1.82, 2.24) is 5.06 Å². The molecule has 0 atom stereocenters.